The van der Waals surface area contributed by atoms with Gasteiger partial charge in [-0.2, -0.15) is 5.10 Å². The zero-order valence-electron chi connectivity index (χ0n) is 13.8. The molecule has 1 saturated carbocycles. The van der Waals surface area contributed by atoms with Gasteiger partial charge in [0.05, 0.1) is 0 Å². The number of carbonyl (C=O) groups excluding carboxylic acids is 1. The molecular weight excluding hydrogens is 310 g/mol. The SMILES string of the molecule is CNCC1(c2cccc(Cl)c2)CCC1.Cn1nccc1CC=O. The molecule has 1 aliphatic carbocycles. The number of hydrogen-bond donors (Lipinski definition) is 1. The van der Waals surface area contributed by atoms with Crippen molar-refractivity contribution < 1.29 is 4.79 Å². The molecule has 2 aromatic rings. The lowest BCUT2D eigenvalue weighted by Gasteiger charge is -2.42. The predicted molar refractivity (Wildman–Crippen MR) is 93.9 cm³/mol. The highest BCUT2D eigenvalue weighted by Crippen LogP contribution is 2.43. The molecule has 1 aromatic heterocycles. The van der Waals surface area contributed by atoms with Crippen LogP contribution >= 0.6 is 11.6 Å². The number of hydrogen-bond acceptors (Lipinski definition) is 3. The number of nitrogens with one attached hydrogen (secondary N) is 1. The molecule has 0 bridgehead atoms. The van der Waals surface area contributed by atoms with Crippen LogP contribution in [0, 0.1) is 0 Å². The highest BCUT2D eigenvalue weighted by molar-refractivity contribution is 6.30. The summed E-state index contributed by atoms with van der Waals surface area (Å²) in [6, 6.07) is 10.1. The molecule has 1 N–H and O–H groups in total. The molecule has 1 aromatic carbocycles. The summed E-state index contributed by atoms with van der Waals surface area (Å²) in [7, 11) is 3.84. The van der Waals surface area contributed by atoms with Crippen molar-refractivity contribution in [2.45, 2.75) is 31.1 Å². The number of halogens is 1. The summed E-state index contributed by atoms with van der Waals surface area (Å²) in [6.07, 6.45) is 6.92. The molecule has 124 valence electrons. The normalized spacial score (nSPS) is 15.3. The van der Waals surface area contributed by atoms with Crippen LogP contribution < -0.4 is 5.32 Å². The topological polar surface area (TPSA) is 46.9 Å². The third-order valence-corrected chi connectivity index (χ3v) is 4.71. The van der Waals surface area contributed by atoms with Crippen molar-refractivity contribution in [2.24, 2.45) is 7.05 Å². The molecular formula is C18H24ClN3O. The summed E-state index contributed by atoms with van der Waals surface area (Å²) in [6.45, 7) is 1.06. The molecule has 1 aliphatic rings. The third-order valence-electron chi connectivity index (χ3n) is 4.48. The molecule has 0 radical (unpaired) electrons. The second kappa shape index (κ2) is 8.27. The van der Waals surface area contributed by atoms with Gasteiger partial charge in [-0.25, -0.2) is 0 Å². The number of benzene rings is 1. The van der Waals surface area contributed by atoms with E-state index in [1.807, 2.05) is 32.3 Å². The number of rotatable bonds is 5. The van der Waals surface area contributed by atoms with Gasteiger partial charge >= 0.3 is 0 Å². The van der Waals surface area contributed by atoms with Gasteiger partial charge in [0.15, 0.2) is 0 Å². The van der Waals surface area contributed by atoms with Gasteiger partial charge in [0.2, 0.25) is 0 Å². The Morgan fingerprint density at radius 2 is 2.17 bits per heavy atom. The van der Waals surface area contributed by atoms with E-state index in [1.165, 1.54) is 24.8 Å². The quantitative estimate of drug-likeness (QED) is 0.855. The predicted octanol–water partition coefficient (Wildman–Crippen LogP) is 3.14. The van der Waals surface area contributed by atoms with E-state index >= 15 is 0 Å². The molecule has 0 spiro atoms. The molecule has 0 amide bonds. The Hall–Kier alpha value is -1.65. The fraction of sp³-hybridized carbons (Fsp3) is 0.444. The van der Waals surface area contributed by atoms with Crippen LogP contribution in [0.5, 0.6) is 0 Å². The number of aryl methyl sites for hydroxylation is 1. The van der Waals surface area contributed by atoms with Crippen molar-refractivity contribution in [3.8, 4) is 0 Å². The summed E-state index contributed by atoms with van der Waals surface area (Å²) in [4.78, 5) is 9.98. The average Bonchev–Trinajstić information content (AvgIpc) is 2.89. The minimum atomic E-state index is 0.361. The monoisotopic (exact) mass is 333 g/mol. The minimum Gasteiger partial charge on any atom is -0.319 e. The maximum atomic E-state index is 9.98. The van der Waals surface area contributed by atoms with Gasteiger partial charge in [0.1, 0.15) is 6.29 Å². The second-order valence-corrected chi connectivity index (χ2v) is 6.43. The van der Waals surface area contributed by atoms with Gasteiger partial charge in [-0.05, 0) is 43.7 Å². The zero-order valence-corrected chi connectivity index (χ0v) is 14.5. The molecule has 3 rings (SSSR count). The first kappa shape index (κ1) is 17.7. The molecule has 1 heterocycles. The number of carbonyl (C=O) groups is 1. The van der Waals surface area contributed by atoms with Crippen molar-refractivity contribution in [1.82, 2.24) is 15.1 Å². The van der Waals surface area contributed by atoms with Crippen LogP contribution in [0.4, 0.5) is 0 Å². The molecule has 0 unspecified atom stereocenters. The molecule has 0 saturated heterocycles. The smallest absolute Gasteiger partial charge is 0.125 e. The van der Waals surface area contributed by atoms with Gasteiger partial charge in [-0.15, -0.1) is 0 Å². The molecule has 0 atom stereocenters. The molecule has 0 aliphatic heterocycles. The largest absolute Gasteiger partial charge is 0.319 e. The van der Waals surface area contributed by atoms with Gasteiger partial charge in [-0.3, -0.25) is 4.68 Å². The van der Waals surface area contributed by atoms with E-state index in [9.17, 15) is 4.79 Å². The van der Waals surface area contributed by atoms with E-state index in [2.05, 4.69) is 22.5 Å². The van der Waals surface area contributed by atoms with E-state index < -0.39 is 0 Å². The molecule has 1 fully saturated rings. The van der Waals surface area contributed by atoms with Crippen molar-refractivity contribution in [3.05, 3.63) is 52.8 Å². The number of likely N-dealkylation sites (N-methyl/N-ethyl adjacent to an activating group) is 1. The fourth-order valence-corrected chi connectivity index (χ4v) is 3.21. The van der Waals surface area contributed by atoms with E-state index in [0.29, 0.717) is 11.8 Å². The summed E-state index contributed by atoms with van der Waals surface area (Å²) < 4.78 is 1.69. The van der Waals surface area contributed by atoms with Gasteiger partial charge in [-0.1, -0.05) is 30.2 Å². The van der Waals surface area contributed by atoms with E-state index in [1.54, 1.807) is 10.9 Å². The second-order valence-electron chi connectivity index (χ2n) is 5.99. The first-order chi connectivity index (χ1) is 11.1. The lowest BCUT2D eigenvalue weighted by molar-refractivity contribution is -0.107. The van der Waals surface area contributed by atoms with Crippen LogP contribution in [0.15, 0.2) is 36.5 Å². The Morgan fingerprint density at radius 1 is 1.39 bits per heavy atom. The van der Waals surface area contributed by atoms with Gasteiger partial charge in [0, 0.05) is 42.3 Å². The number of aldehydes is 1. The third kappa shape index (κ3) is 4.43. The Morgan fingerprint density at radius 3 is 2.65 bits per heavy atom. The summed E-state index contributed by atoms with van der Waals surface area (Å²) >= 11 is 6.01. The Labute approximate surface area is 142 Å². The maximum Gasteiger partial charge on any atom is 0.125 e. The van der Waals surface area contributed by atoms with Crippen molar-refractivity contribution in [1.29, 1.82) is 0 Å². The highest BCUT2D eigenvalue weighted by Gasteiger charge is 2.37. The first-order valence-electron chi connectivity index (χ1n) is 7.92. The summed E-state index contributed by atoms with van der Waals surface area (Å²) in [5.74, 6) is 0. The fourth-order valence-electron chi connectivity index (χ4n) is 3.01. The minimum absolute atomic E-state index is 0.361. The van der Waals surface area contributed by atoms with Gasteiger partial charge < -0.3 is 10.1 Å². The standard InChI is InChI=1S/C12H16ClN.C6H8N2O/c1-14-9-12(6-3-7-12)10-4-2-5-11(13)8-10;1-8-6(3-5-9)2-4-7-8/h2,4-5,8,14H,3,6-7,9H2,1H3;2,4-5H,3H2,1H3. The zero-order chi connectivity index (χ0) is 16.7. The van der Waals surface area contributed by atoms with E-state index in [4.69, 9.17) is 11.6 Å². The van der Waals surface area contributed by atoms with Crippen LogP contribution in [0.3, 0.4) is 0 Å². The number of nitrogens with zero attached hydrogens (tertiary/aromatic N) is 2. The Kier molecular flexibility index (Phi) is 6.37. The first-order valence-corrected chi connectivity index (χ1v) is 8.30. The van der Waals surface area contributed by atoms with Crippen molar-refractivity contribution in [2.75, 3.05) is 13.6 Å². The average molecular weight is 334 g/mol. The van der Waals surface area contributed by atoms with Crippen molar-refractivity contribution in [3.63, 3.8) is 0 Å². The van der Waals surface area contributed by atoms with E-state index in [-0.39, 0.29) is 0 Å². The Bertz CT molecular complexity index is 635. The van der Waals surface area contributed by atoms with Crippen molar-refractivity contribution >= 4 is 17.9 Å². The van der Waals surface area contributed by atoms with Crippen LogP contribution in [0.2, 0.25) is 5.02 Å². The van der Waals surface area contributed by atoms with Crippen LogP contribution in [-0.2, 0) is 23.7 Å². The highest BCUT2D eigenvalue weighted by atomic mass is 35.5. The molecule has 4 nitrogen and oxygen atoms in total. The van der Waals surface area contributed by atoms with E-state index in [0.717, 1.165) is 23.5 Å². The lowest BCUT2D eigenvalue weighted by atomic mass is 9.64. The molecule has 23 heavy (non-hydrogen) atoms. The van der Waals surface area contributed by atoms with Gasteiger partial charge in [0.25, 0.3) is 0 Å². The summed E-state index contributed by atoms with van der Waals surface area (Å²) in [5, 5.41) is 8.03. The maximum absolute atomic E-state index is 9.98. The van der Waals surface area contributed by atoms with Crippen LogP contribution in [-0.4, -0.2) is 29.7 Å². The molecule has 5 heteroatoms. The van der Waals surface area contributed by atoms with Crippen LogP contribution in [0.1, 0.15) is 30.5 Å². The Balaban J connectivity index is 0.000000185. The number of aromatic nitrogens is 2. The van der Waals surface area contributed by atoms with Crippen LogP contribution in [0.25, 0.3) is 0 Å². The summed E-state index contributed by atoms with van der Waals surface area (Å²) in [5.41, 5.74) is 2.70. The lowest BCUT2D eigenvalue weighted by Crippen LogP contribution is -2.42.